The Kier molecular flexibility index (Phi) is 4.41. The Morgan fingerprint density at radius 1 is 1.17 bits per heavy atom. The SMILES string of the molecule is C[C@H](NC(=O)Nn1cnc2ccccc21)c1ccc(Cl)c(Cl)c1. The molecule has 1 heterocycles. The average molecular weight is 349 g/mol. The van der Waals surface area contributed by atoms with E-state index in [-0.39, 0.29) is 12.1 Å². The van der Waals surface area contributed by atoms with Gasteiger partial charge in [-0.3, -0.25) is 0 Å². The lowest BCUT2D eigenvalue weighted by Gasteiger charge is -2.16. The minimum absolute atomic E-state index is 0.223. The van der Waals surface area contributed by atoms with Crippen molar-refractivity contribution < 1.29 is 4.79 Å². The molecule has 5 nitrogen and oxygen atoms in total. The minimum Gasteiger partial charge on any atom is -0.330 e. The maximum Gasteiger partial charge on any atom is 0.334 e. The van der Waals surface area contributed by atoms with Gasteiger partial charge in [0.2, 0.25) is 0 Å². The van der Waals surface area contributed by atoms with Crippen molar-refractivity contribution in [2.75, 3.05) is 5.43 Å². The minimum atomic E-state index is -0.341. The normalized spacial score (nSPS) is 12.1. The highest BCUT2D eigenvalue weighted by atomic mass is 35.5. The lowest BCUT2D eigenvalue weighted by molar-refractivity contribution is 0.247. The summed E-state index contributed by atoms with van der Waals surface area (Å²) in [7, 11) is 0. The van der Waals surface area contributed by atoms with E-state index in [2.05, 4.69) is 15.7 Å². The van der Waals surface area contributed by atoms with Crippen LogP contribution in [-0.2, 0) is 0 Å². The van der Waals surface area contributed by atoms with Gasteiger partial charge in [0.1, 0.15) is 6.33 Å². The lowest BCUT2D eigenvalue weighted by atomic mass is 10.1. The molecule has 0 radical (unpaired) electrons. The Bertz CT molecular complexity index is 862. The van der Waals surface area contributed by atoms with Gasteiger partial charge in [0, 0.05) is 0 Å². The molecule has 0 aliphatic heterocycles. The Morgan fingerprint density at radius 2 is 1.96 bits per heavy atom. The third-order valence-electron chi connectivity index (χ3n) is 3.47. The lowest BCUT2D eigenvalue weighted by Crippen LogP contribution is -2.35. The summed E-state index contributed by atoms with van der Waals surface area (Å²) in [6, 6.07) is 12.2. The number of carbonyl (C=O) groups excluding carboxylic acids is 1. The van der Waals surface area contributed by atoms with Crippen molar-refractivity contribution in [3.63, 3.8) is 0 Å². The van der Waals surface area contributed by atoms with Crippen LogP contribution in [0.3, 0.4) is 0 Å². The zero-order valence-corrected chi connectivity index (χ0v) is 13.8. The summed E-state index contributed by atoms with van der Waals surface area (Å²) in [5, 5.41) is 3.79. The fourth-order valence-electron chi connectivity index (χ4n) is 2.25. The number of nitrogens with zero attached hydrogens (tertiary/aromatic N) is 2. The molecule has 7 heteroatoms. The van der Waals surface area contributed by atoms with Gasteiger partial charge < -0.3 is 5.32 Å². The molecule has 2 aromatic carbocycles. The average Bonchev–Trinajstić information content (AvgIpc) is 2.93. The molecule has 0 fully saturated rings. The van der Waals surface area contributed by atoms with Crippen molar-refractivity contribution >= 4 is 40.3 Å². The molecule has 118 valence electrons. The Balaban J connectivity index is 1.70. The van der Waals surface area contributed by atoms with E-state index in [9.17, 15) is 4.79 Å². The van der Waals surface area contributed by atoms with Gasteiger partial charge >= 0.3 is 6.03 Å². The van der Waals surface area contributed by atoms with Crippen molar-refractivity contribution in [2.45, 2.75) is 13.0 Å². The largest absolute Gasteiger partial charge is 0.334 e. The monoisotopic (exact) mass is 348 g/mol. The van der Waals surface area contributed by atoms with Gasteiger partial charge in [0.05, 0.1) is 27.1 Å². The molecule has 1 atom stereocenters. The third kappa shape index (κ3) is 3.41. The predicted molar refractivity (Wildman–Crippen MR) is 92.5 cm³/mol. The topological polar surface area (TPSA) is 59.0 Å². The number of amides is 2. The highest BCUT2D eigenvalue weighted by Crippen LogP contribution is 2.25. The summed E-state index contributed by atoms with van der Waals surface area (Å²) in [5.41, 5.74) is 5.24. The van der Waals surface area contributed by atoms with Gasteiger partial charge in [-0.15, -0.1) is 0 Å². The number of rotatable bonds is 3. The molecule has 23 heavy (non-hydrogen) atoms. The highest BCUT2D eigenvalue weighted by Gasteiger charge is 2.12. The van der Waals surface area contributed by atoms with Crippen LogP contribution in [0.2, 0.25) is 10.0 Å². The molecule has 0 unspecified atom stereocenters. The van der Waals surface area contributed by atoms with E-state index in [1.165, 1.54) is 0 Å². The molecule has 2 N–H and O–H groups in total. The number of urea groups is 1. The molecule has 0 aliphatic rings. The summed E-state index contributed by atoms with van der Waals surface area (Å²) < 4.78 is 1.58. The van der Waals surface area contributed by atoms with Crippen LogP contribution in [0.15, 0.2) is 48.8 Å². The number of aromatic nitrogens is 2. The van der Waals surface area contributed by atoms with Crippen molar-refractivity contribution in [1.29, 1.82) is 0 Å². The first kappa shape index (κ1) is 15.6. The van der Waals surface area contributed by atoms with Gasteiger partial charge in [0.25, 0.3) is 0 Å². The Hall–Kier alpha value is -2.24. The molecule has 0 aliphatic carbocycles. The molecular formula is C16H14Cl2N4O. The Morgan fingerprint density at radius 3 is 2.74 bits per heavy atom. The van der Waals surface area contributed by atoms with Crippen LogP contribution >= 0.6 is 23.2 Å². The van der Waals surface area contributed by atoms with E-state index in [0.29, 0.717) is 10.0 Å². The quantitative estimate of drug-likeness (QED) is 0.738. The zero-order chi connectivity index (χ0) is 16.4. The van der Waals surface area contributed by atoms with E-state index in [4.69, 9.17) is 23.2 Å². The van der Waals surface area contributed by atoms with Crippen LogP contribution in [0.25, 0.3) is 11.0 Å². The Labute approximate surface area is 143 Å². The van der Waals surface area contributed by atoms with Crippen molar-refractivity contribution in [3.8, 4) is 0 Å². The number of hydrogen-bond donors (Lipinski definition) is 2. The summed E-state index contributed by atoms with van der Waals surface area (Å²) in [6.45, 7) is 1.87. The number of imidazole rings is 1. The van der Waals surface area contributed by atoms with Gasteiger partial charge in [-0.1, -0.05) is 41.4 Å². The highest BCUT2D eigenvalue weighted by molar-refractivity contribution is 6.42. The number of para-hydroxylation sites is 2. The predicted octanol–water partition coefficient (Wildman–Crippen LogP) is 4.36. The first-order chi connectivity index (χ1) is 11.0. The van der Waals surface area contributed by atoms with E-state index in [0.717, 1.165) is 16.6 Å². The third-order valence-corrected chi connectivity index (χ3v) is 4.21. The second-order valence-electron chi connectivity index (χ2n) is 5.08. The fraction of sp³-hybridized carbons (Fsp3) is 0.125. The van der Waals surface area contributed by atoms with Crippen LogP contribution in [0.1, 0.15) is 18.5 Å². The van der Waals surface area contributed by atoms with Gasteiger partial charge in [-0.2, -0.15) is 0 Å². The van der Waals surface area contributed by atoms with Gasteiger partial charge in [-0.05, 0) is 36.8 Å². The summed E-state index contributed by atoms with van der Waals surface area (Å²) in [5.74, 6) is 0. The molecule has 3 aromatic rings. The number of hydrogen-bond acceptors (Lipinski definition) is 2. The maximum atomic E-state index is 12.2. The van der Waals surface area contributed by atoms with Crippen LogP contribution < -0.4 is 10.7 Å². The maximum absolute atomic E-state index is 12.2. The van der Waals surface area contributed by atoms with Crippen molar-refractivity contribution in [1.82, 2.24) is 15.0 Å². The molecule has 2 amide bonds. The number of nitrogens with one attached hydrogen (secondary N) is 2. The van der Waals surface area contributed by atoms with E-state index in [1.807, 2.05) is 37.3 Å². The van der Waals surface area contributed by atoms with Gasteiger partial charge in [0.15, 0.2) is 0 Å². The number of fused-ring (bicyclic) bond motifs is 1. The summed E-state index contributed by atoms with van der Waals surface area (Å²) >= 11 is 11.9. The first-order valence-electron chi connectivity index (χ1n) is 6.99. The first-order valence-corrected chi connectivity index (χ1v) is 7.75. The zero-order valence-electron chi connectivity index (χ0n) is 12.3. The standard InChI is InChI=1S/C16H14Cl2N4O/c1-10(11-6-7-12(17)13(18)8-11)20-16(23)21-22-9-19-14-4-2-3-5-15(14)22/h2-10H,1H3,(H2,20,21,23)/t10-/m0/s1. The van der Waals surface area contributed by atoms with Crippen molar-refractivity contribution in [3.05, 3.63) is 64.4 Å². The second kappa shape index (κ2) is 6.48. The number of benzene rings is 2. The molecule has 0 spiro atoms. The van der Waals surface area contributed by atoms with Crippen LogP contribution in [0.4, 0.5) is 4.79 Å². The smallest absolute Gasteiger partial charge is 0.330 e. The molecule has 3 rings (SSSR count). The molecule has 1 aromatic heterocycles. The molecule has 0 saturated carbocycles. The molecule has 0 saturated heterocycles. The number of halogens is 2. The summed E-state index contributed by atoms with van der Waals surface area (Å²) in [6.07, 6.45) is 1.56. The summed E-state index contributed by atoms with van der Waals surface area (Å²) in [4.78, 5) is 16.4. The van der Waals surface area contributed by atoms with E-state index in [1.54, 1.807) is 23.1 Å². The van der Waals surface area contributed by atoms with Crippen molar-refractivity contribution in [2.24, 2.45) is 0 Å². The fourth-order valence-corrected chi connectivity index (χ4v) is 2.56. The van der Waals surface area contributed by atoms with Gasteiger partial charge in [-0.25, -0.2) is 19.9 Å². The van der Waals surface area contributed by atoms with E-state index >= 15 is 0 Å². The number of carbonyl (C=O) groups is 1. The molecular weight excluding hydrogens is 335 g/mol. The van der Waals surface area contributed by atoms with Crippen LogP contribution in [0.5, 0.6) is 0 Å². The van der Waals surface area contributed by atoms with Crippen LogP contribution in [0, 0.1) is 0 Å². The van der Waals surface area contributed by atoms with E-state index < -0.39 is 0 Å². The second-order valence-corrected chi connectivity index (χ2v) is 5.90. The molecule has 0 bridgehead atoms. The van der Waals surface area contributed by atoms with Crippen LogP contribution in [-0.4, -0.2) is 15.7 Å².